The molecule has 120 valence electrons. The predicted octanol–water partition coefficient (Wildman–Crippen LogP) is 2.29. The first-order chi connectivity index (χ1) is 10.7. The minimum absolute atomic E-state index is 0.284. The number of nitrogen functional groups attached to an aromatic ring is 1. The van der Waals surface area contributed by atoms with Gasteiger partial charge in [-0.25, -0.2) is 0 Å². The molecule has 0 aromatic heterocycles. The van der Waals surface area contributed by atoms with E-state index >= 15 is 0 Å². The van der Waals surface area contributed by atoms with E-state index in [0.717, 1.165) is 37.2 Å². The molecule has 1 aromatic rings. The number of benzene rings is 1. The lowest BCUT2D eigenvalue weighted by molar-refractivity contribution is -0.133. The van der Waals surface area contributed by atoms with E-state index in [1.165, 1.54) is 32.4 Å². The number of hydrogen-bond donors (Lipinski definition) is 1. The van der Waals surface area contributed by atoms with Crippen LogP contribution in [0, 0.1) is 0 Å². The molecule has 0 aliphatic carbocycles. The number of likely N-dealkylation sites (tertiary alicyclic amines) is 2. The molecule has 3 rings (SSSR count). The monoisotopic (exact) mass is 301 g/mol. The minimum atomic E-state index is 0.284. The number of nitrogens with two attached hydrogens (primary N) is 1. The summed E-state index contributed by atoms with van der Waals surface area (Å²) in [6, 6.07) is 8.43. The van der Waals surface area contributed by atoms with Crippen LogP contribution in [0.2, 0.25) is 0 Å². The molecule has 22 heavy (non-hydrogen) atoms. The van der Waals surface area contributed by atoms with Gasteiger partial charge in [0.25, 0.3) is 0 Å². The van der Waals surface area contributed by atoms with Gasteiger partial charge in [-0.1, -0.05) is 18.2 Å². The van der Waals surface area contributed by atoms with Crippen LogP contribution in [0.25, 0.3) is 0 Å². The van der Waals surface area contributed by atoms with Crippen molar-refractivity contribution in [3.05, 3.63) is 29.8 Å². The maximum Gasteiger partial charge on any atom is 0.222 e. The van der Waals surface area contributed by atoms with Gasteiger partial charge in [0.1, 0.15) is 0 Å². The van der Waals surface area contributed by atoms with Gasteiger partial charge < -0.3 is 10.6 Å². The van der Waals surface area contributed by atoms with Gasteiger partial charge in [0.05, 0.1) is 0 Å². The number of anilines is 1. The highest BCUT2D eigenvalue weighted by molar-refractivity contribution is 5.76. The Labute approximate surface area is 133 Å². The molecule has 2 N–H and O–H groups in total. The third kappa shape index (κ3) is 3.61. The highest BCUT2D eigenvalue weighted by atomic mass is 16.2. The maximum absolute atomic E-state index is 12.5. The number of carbonyl (C=O) groups is 1. The molecule has 0 radical (unpaired) electrons. The van der Waals surface area contributed by atoms with Gasteiger partial charge in [0.15, 0.2) is 0 Å². The van der Waals surface area contributed by atoms with E-state index in [-0.39, 0.29) is 5.91 Å². The van der Waals surface area contributed by atoms with Crippen molar-refractivity contribution in [1.29, 1.82) is 0 Å². The van der Waals surface area contributed by atoms with Crippen LogP contribution in [0.15, 0.2) is 24.3 Å². The van der Waals surface area contributed by atoms with E-state index < -0.39 is 0 Å². The predicted molar refractivity (Wildman–Crippen MR) is 89.6 cm³/mol. The van der Waals surface area contributed by atoms with Crippen molar-refractivity contribution in [3.8, 4) is 0 Å². The third-order valence-corrected chi connectivity index (χ3v) is 5.07. The summed E-state index contributed by atoms with van der Waals surface area (Å²) in [6.45, 7) is 4.27. The molecule has 1 amide bonds. The van der Waals surface area contributed by atoms with Crippen molar-refractivity contribution < 1.29 is 4.79 Å². The Balaban J connectivity index is 1.52. The van der Waals surface area contributed by atoms with Gasteiger partial charge in [-0.2, -0.15) is 0 Å². The second-order valence-corrected chi connectivity index (χ2v) is 6.58. The van der Waals surface area contributed by atoms with Gasteiger partial charge in [-0.05, 0) is 56.8 Å². The first-order valence-electron chi connectivity index (χ1n) is 8.59. The van der Waals surface area contributed by atoms with Crippen LogP contribution in [0.4, 0.5) is 5.69 Å². The lowest BCUT2D eigenvalue weighted by Crippen LogP contribution is -2.49. The molecule has 2 saturated heterocycles. The fraction of sp³-hybridized carbons (Fsp3) is 0.611. The Hall–Kier alpha value is -1.55. The second-order valence-electron chi connectivity index (χ2n) is 6.58. The molecular weight excluding hydrogens is 274 g/mol. The lowest BCUT2D eigenvalue weighted by atomic mass is 10.0. The standard InChI is InChI=1S/C18H27N3O/c19-17-8-2-1-6-15(17)9-10-18(22)21-13-5-7-16(14-21)20-11-3-4-12-20/h1-2,6,8,16H,3-5,7,9-14,19H2. The normalized spacial score (nSPS) is 22.9. The van der Waals surface area contributed by atoms with Gasteiger partial charge in [0, 0.05) is 31.2 Å². The van der Waals surface area contributed by atoms with Gasteiger partial charge in [-0.15, -0.1) is 0 Å². The first-order valence-corrected chi connectivity index (χ1v) is 8.59. The van der Waals surface area contributed by atoms with Gasteiger partial charge >= 0.3 is 0 Å². The smallest absolute Gasteiger partial charge is 0.222 e. The van der Waals surface area contributed by atoms with Crippen molar-refractivity contribution >= 4 is 11.6 Å². The largest absolute Gasteiger partial charge is 0.399 e. The summed E-state index contributed by atoms with van der Waals surface area (Å²) >= 11 is 0. The molecule has 0 saturated carbocycles. The van der Waals surface area contributed by atoms with E-state index in [4.69, 9.17) is 5.73 Å². The van der Waals surface area contributed by atoms with Crippen LogP contribution in [0.1, 0.15) is 37.7 Å². The molecule has 2 heterocycles. The Morgan fingerprint density at radius 1 is 1.14 bits per heavy atom. The zero-order valence-electron chi connectivity index (χ0n) is 13.3. The Kier molecular flexibility index (Phi) is 4.98. The van der Waals surface area contributed by atoms with Crippen LogP contribution >= 0.6 is 0 Å². The summed E-state index contributed by atoms with van der Waals surface area (Å²) in [7, 11) is 0. The zero-order chi connectivity index (χ0) is 15.4. The van der Waals surface area contributed by atoms with Crippen molar-refractivity contribution in [1.82, 2.24) is 9.80 Å². The molecule has 4 nitrogen and oxygen atoms in total. The molecule has 1 aromatic carbocycles. The average molecular weight is 301 g/mol. The molecule has 2 aliphatic rings. The summed E-state index contributed by atoms with van der Waals surface area (Å²) in [5, 5.41) is 0. The number of para-hydroxylation sites is 1. The van der Waals surface area contributed by atoms with E-state index in [9.17, 15) is 4.79 Å². The molecule has 2 fully saturated rings. The zero-order valence-corrected chi connectivity index (χ0v) is 13.3. The van der Waals surface area contributed by atoms with Crippen LogP contribution < -0.4 is 5.73 Å². The maximum atomic E-state index is 12.5. The topological polar surface area (TPSA) is 49.6 Å². The Morgan fingerprint density at radius 2 is 1.91 bits per heavy atom. The number of amides is 1. The first kappa shape index (κ1) is 15.3. The number of rotatable bonds is 4. The summed E-state index contributed by atoms with van der Waals surface area (Å²) in [4.78, 5) is 17.2. The quantitative estimate of drug-likeness (QED) is 0.868. The average Bonchev–Trinajstić information content (AvgIpc) is 3.08. The Bertz CT molecular complexity index is 511. The van der Waals surface area contributed by atoms with Crippen LogP contribution in [0.3, 0.4) is 0 Å². The van der Waals surface area contributed by atoms with E-state index in [2.05, 4.69) is 9.80 Å². The molecular formula is C18H27N3O. The van der Waals surface area contributed by atoms with Crippen LogP contribution in [-0.4, -0.2) is 47.9 Å². The molecule has 0 spiro atoms. The summed E-state index contributed by atoms with van der Waals surface area (Å²) in [5.74, 6) is 0.284. The lowest BCUT2D eigenvalue weighted by Gasteiger charge is -2.37. The van der Waals surface area contributed by atoms with Crippen LogP contribution in [-0.2, 0) is 11.2 Å². The number of piperidine rings is 1. The molecule has 4 heteroatoms. The molecule has 1 unspecified atom stereocenters. The van der Waals surface area contributed by atoms with Crippen molar-refractivity contribution in [3.63, 3.8) is 0 Å². The second kappa shape index (κ2) is 7.14. The van der Waals surface area contributed by atoms with Crippen LogP contribution in [0.5, 0.6) is 0 Å². The van der Waals surface area contributed by atoms with E-state index in [0.29, 0.717) is 12.5 Å². The van der Waals surface area contributed by atoms with Crippen molar-refractivity contribution in [2.45, 2.75) is 44.6 Å². The fourth-order valence-corrected chi connectivity index (χ4v) is 3.75. The highest BCUT2D eigenvalue weighted by Crippen LogP contribution is 2.21. The Morgan fingerprint density at radius 3 is 2.68 bits per heavy atom. The highest BCUT2D eigenvalue weighted by Gasteiger charge is 2.28. The number of nitrogens with zero attached hydrogens (tertiary/aromatic N) is 2. The van der Waals surface area contributed by atoms with E-state index in [1.807, 2.05) is 24.3 Å². The fourth-order valence-electron chi connectivity index (χ4n) is 3.75. The molecule has 0 bridgehead atoms. The minimum Gasteiger partial charge on any atom is -0.399 e. The van der Waals surface area contributed by atoms with Gasteiger partial charge in [0.2, 0.25) is 5.91 Å². The summed E-state index contributed by atoms with van der Waals surface area (Å²) < 4.78 is 0. The SMILES string of the molecule is Nc1ccccc1CCC(=O)N1CCCC(N2CCCC2)C1. The van der Waals surface area contributed by atoms with Gasteiger partial charge in [-0.3, -0.25) is 9.69 Å². The number of hydrogen-bond acceptors (Lipinski definition) is 3. The molecule has 2 aliphatic heterocycles. The number of aryl methyl sites for hydroxylation is 1. The van der Waals surface area contributed by atoms with Crippen molar-refractivity contribution in [2.24, 2.45) is 0 Å². The third-order valence-electron chi connectivity index (χ3n) is 5.07. The molecule has 1 atom stereocenters. The summed E-state index contributed by atoms with van der Waals surface area (Å²) in [5.41, 5.74) is 7.84. The van der Waals surface area contributed by atoms with Crippen molar-refractivity contribution in [2.75, 3.05) is 31.9 Å². The van der Waals surface area contributed by atoms with E-state index in [1.54, 1.807) is 0 Å². The summed E-state index contributed by atoms with van der Waals surface area (Å²) in [6.07, 6.45) is 6.34. The number of carbonyl (C=O) groups excluding carboxylic acids is 1.